The van der Waals surface area contributed by atoms with Crippen LogP contribution in [-0.4, -0.2) is 10.9 Å². The van der Waals surface area contributed by atoms with E-state index in [0.29, 0.717) is 5.71 Å². The Labute approximate surface area is 94.5 Å². The molecule has 16 heavy (non-hydrogen) atoms. The van der Waals surface area contributed by atoms with Crippen molar-refractivity contribution in [1.29, 1.82) is 0 Å². The van der Waals surface area contributed by atoms with Crippen LogP contribution in [0.3, 0.4) is 0 Å². The third-order valence-electron chi connectivity index (χ3n) is 2.45. The first-order valence-electron chi connectivity index (χ1n) is 5.15. The lowest BCUT2D eigenvalue weighted by atomic mass is 10.1. The predicted molar refractivity (Wildman–Crippen MR) is 67.9 cm³/mol. The molecule has 0 saturated heterocycles. The number of rotatable bonds is 2. The standard InChI is InChI=1S/C14H13NO/c1-11(15-16)6-7-12-8-9-13-4-2-3-5-14(13)10-12/h2-10,16H,1H3/b7-6+,15-11+. The molecule has 0 heterocycles. The van der Waals surface area contributed by atoms with Gasteiger partial charge in [-0.15, -0.1) is 0 Å². The molecule has 1 N–H and O–H groups in total. The van der Waals surface area contributed by atoms with Gasteiger partial charge in [0, 0.05) is 0 Å². The van der Waals surface area contributed by atoms with E-state index >= 15 is 0 Å². The van der Waals surface area contributed by atoms with E-state index in [1.807, 2.05) is 24.3 Å². The zero-order valence-corrected chi connectivity index (χ0v) is 9.09. The molecule has 0 aliphatic rings. The lowest BCUT2D eigenvalue weighted by Gasteiger charge is -1.98. The van der Waals surface area contributed by atoms with Crippen LogP contribution < -0.4 is 0 Å². The Morgan fingerprint density at radius 3 is 2.62 bits per heavy atom. The van der Waals surface area contributed by atoms with E-state index in [1.54, 1.807) is 13.0 Å². The zero-order valence-electron chi connectivity index (χ0n) is 9.09. The summed E-state index contributed by atoms with van der Waals surface area (Å²) in [7, 11) is 0. The highest BCUT2D eigenvalue weighted by Crippen LogP contribution is 2.16. The summed E-state index contributed by atoms with van der Waals surface area (Å²) >= 11 is 0. The van der Waals surface area contributed by atoms with E-state index in [9.17, 15) is 0 Å². The summed E-state index contributed by atoms with van der Waals surface area (Å²) in [6.45, 7) is 1.75. The molecule has 0 aliphatic carbocycles. The van der Waals surface area contributed by atoms with Gasteiger partial charge in [0.05, 0.1) is 5.71 Å². The van der Waals surface area contributed by atoms with Gasteiger partial charge in [-0.2, -0.15) is 0 Å². The Morgan fingerprint density at radius 1 is 1.12 bits per heavy atom. The van der Waals surface area contributed by atoms with Crippen LogP contribution in [0.4, 0.5) is 0 Å². The van der Waals surface area contributed by atoms with Crippen molar-refractivity contribution in [3.8, 4) is 0 Å². The Morgan fingerprint density at radius 2 is 1.88 bits per heavy atom. The van der Waals surface area contributed by atoms with Gasteiger partial charge in [0.25, 0.3) is 0 Å². The van der Waals surface area contributed by atoms with Gasteiger partial charge in [-0.3, -0.25) is 0 Å². The minimum Gasteiger partial charge on any atom is -0.411 e. The van der Waals surface area contributed by atoms with Crippen molar-refractivity contribution in [3.63, 3.8) is 0 Å². The molecular formula is C14H13NO. The number of nitrogens with zero attached hydrogens (tertiary/aromatic N) is 1. The summed E-state index contributed by atoms with van der Waals surface area (Å²) in [4.78, 5) is 0. The molecule has 0 bridgehead atoms. The number of oxime groups is 1. The van der Waals surface area contributed by atoms with Gasteiger partial charge in [-0.1, -0.05) is 47.6 Å². The molecule has 0 saturated carbocycles. The molecule has 2 rings (SSSR count). The number of allylic oxidation sites excluding steroid dienone is 1. The first-order valence-corrected chi connectivity index (χ1v) is 5.15. The minimum atomic E-state index is 0.591. The van der Waals surface area contributed by atoms with E-state index in [1.165, 1.54) is 10.8 Å². The lowest BCUT2D eigenvalue weighted by molar-refractivity contribution is 0.319. The Balaban J connectivity index is 2.36. The molecule has 0 amide bonds. The molecule has 0 spiro atoms. The van der Waals surface area contributed by atoms with Crippen LogP contribution in [0.1, 0.15) is 12.5 Å². The van der Waals surface area contributed by atoms with E-state index in [0.717, 1.165) is 5.56 Å². The van der Waals surface area contributed by atoms with Crippen molar-refractivity contribution in [2.24, 2.45) is 5.16 Å². The summed E-state index contributed by atoms with van der Waals surface area (Å²) in [6.07, 6.45) is 3.71. The van der Waals surface area contributed by atoms with Gasteiger partial charge >= 0.3 is 0 Å². The third-order valence-corrected chi connectivity index (χ3v) is 2.45. The fourth-order valence-electron chi connectivity index (χ4n) is 1.56. The van der Waals surface area contributed by atoms with Crippen LogP contribution >= 0.6 is 0 Å². The van der Waals surface area contributed by atoms with Crippen LogP contribution in [0.25, 0.3) is 16.8 Å². The summed E-state index contributed by atoms with van der Waals surface area (Å²) < 4.78 is 0. The van der Waals surface area contributed by atoms with Gasteiger partial charge in [0.2, 0.25) is 0 Å². The van der Waals surface area contributed by atoms with Gasteiger partial charge in [-0.05, 0) is 35.4 Å². The Bertz CT molecular complexity index is 555. The fourth-order valence-corrected chi connectivity index (χ4v) is 1.56. The molecule has 2 aromatic rings. The van der Waals surface area contributed by atoms with Crippen molar-refractivity contribution in [3.05, 3.63) is 54.1 Å². The molecule has 0 atom stereocenters. The van der Waals surface area contributed by atoms with Gasteiger partial charge in [-0.25, -0.2) is 0 Å². The van der Waals surface area contributed by atoms with Crippen LogP contribution in [0, 0.1) is 0 Å². The van der Waals surface area contributed by atoms with Crippen molar-refractivity contribution < 1.29 is 5.21 Å². The van der Waals surface area contributed by atoms with Crippen molar-refractivity contribution in [2.45, 2.75) is 6.92 Å². The molecule has 0 fully saturated rings. The summed E-state index contributed by atoms with van der Waals surface area (Å²) in [5.74, 6) is 0. The summed E-state index contributed by atoms with van der Waals surface area (Å²) in [5.41, 5.74) is 1.69. The average Bonchev–Trinajstić information content (AvgIpc) is 2.35. The molecular weight excluding hydrogens is 198 g/mol. The van der Waals surface area contributed by atoms with E-state index in [2.05, 4.69) is 29.4 Å². The maximum atomic E-state index is 8.52. The SMILES string of the molecule is CC(/C=C/c1ccc2ccccc2c1)=N\O. The normalized spacial score (nSPS) is 12.4. The molecule has 0 aromatic heterocycles. The second-order valence-electron chi connectivity index (χ2n) is 3.68. The monoisotopic (exact) mass is 211 g/mol. The van der Waals surface area contributed by atoms with Crippen LogP contribution in [-0.2, 0) is 0 Å². The number of hydrogen-bond acceptors (Lipinski definition) is 2. The average molecular weight is 211 g/mol. The van der Waals surface area contributed by atoms with E-state index in [4.69, 9.17) is 5.21 Å². The molecule has 80 valence electrons. The predicted octanol–water partition coefficient (Wildman–Crippen LogP) is 3.70. The fraction of sp³-hybridized carbons (Fsp3) is 0.0714. The Kier molecular flexibility index (Phi) is 3.01. The molecule has 2 heteroatoms. The first-order chi connectivity index (χ1) is 7.79. The second-order valence-corrected chi connectivity index (χ2v) is 3.68. The van der Waals surface area contributed by atoms with Gasteiger partial charge in [0.1, 0.15) is 0 Å². The van der Waals surface area contributed by atoms with Crippen molar-refractivity contribution >= 4 is 22.6 Å². The summed E-state index contributed by atoms with van der Waals surface area (Å²) in [5, 5.41) is 14.1. The highest BCUT2D eigenvalue weighted by atomic mass is 16.4. The number of benzene rings is 2. The van der Waals surface area contributed by atoms with E-state index in [-0.39, 0.29) is 0 Å². The van der Waals surface area contributed by atoms with Crippen LogP contribution in [0.2, 0.25) is 0 Å². The number of hydrogen-bond donors (Lipinski definition) is 1. The highest BCUT2D eigenvalue weighted by Gasteiger charge is 1.92. The lowest BCUT2D eigenvalue weighted by Crippen LogP contribution is -1.82. The van der Waals surface area contributed by atoms with E-state index < -0.39 is 0 Å². The maximum absolute atomic E-state index is 8.52. The molecule has 0 unspecified atom stereocenters. The maximum Gasteiger partial charge on any atom is 0.0765 e. The quantitative estimate of drug-likeness (QED) is 0.458. The molecule has 2 nitrogen and oxygen atoms in total. The smallest absolute Gasteiger partial charge is 0.0765 e. The van der Waals surface area contributed by atoms with Crippen molar-refractivity contribution in [2.75, 3.05) is 0 Å². The van der Waals surface area contributed by atoms with Crippen LogP contribution in [0.5, 0.6) is 0 Å². The topological polar surface area (TPSA) is 32.6 Å². The van der Waals surface area contributed by atoms with Crippen LogP contribution in [0.15, 0.2) is 53.7 Å². The summed E-state index contributed by atoms with van der Waals surface area (Å²) in [6, 6.07) is 14.5. The zero-order chi connectivity index (χ0) is 11.4. The molecule has 2 aromatic carbocycles. The van der Waals surface area contributed by atoms with Gasteiger partial charge in [0.15, 0.2) is 0 Å². The largest absolute Gasteiger partial charge is 0.411 e. The highest BCUT2D eigenvalue weighted by molar-refractivity contribution is 5.96. The second kappa shape index (κ2) is 4.62. The van der Waals surface area contributed by atoms with Crippen molar-refractivity contribution in [1.82, 2.24) is 0 Å². The minimum absolute atomic E-state index is 0.591. The Hall–Kier alpha value is -2.09. The van der Waals surface area contributed by atoms with Gasteiger partial charge < -0.3 is 5.21 Å². The number of fused-ring (bicyclic) bond motifs is 1. The third kappa shape index (κ3) is 2.28. The molecule has 0 radical (unpaired) electrons. The molecule has 0 aliphatic heterocycles. The first kappa shape index (κ1) is 10.4.